The standard InChI is InChI=1S/C18H16N2O4S/c1-24-14-7-9-16-12(10-14)6-8-17(20-16)18(21)19-13-4-3-5-15(11-13)25(2,22)23/h3-11H,1-2H3,(H,19,21). The van der Waals surface area contributed by atoms with Crippen LogP contribution in [0.2, 0.25) is 0 Å². The number of rotatable bonds is 4. The van der Waals surface area contributed by atoms with Gasteiger partial charge in [0.15, 0.2) is 9.84 Å². The summed E-state index contributed by atoms with van der Waals surface area (Å²) in [5, 5.41) is 3.52. The lowest BCUT2D eigenvalue weighted by atomic mass is 10.2. The van der Waals surface area contributed by atoms with Crippen LogP contribution in [0.4, 0.5) is 5.69 Å². The molecule has 3 aromatic rings. The van der Waals surface area contributed by atoms with Gasteiger partial charge in [0.1, 0.15) is 11.4 Å². The van der Waals surface area contributed by atoms with Crippen molar-refractivity contribution in [2.24, 2.45) is 0 Å². The van der Waals surface area contributed by atoms with Crippen molar-refractivity contribution in [2.45, 2.75) is 4.90 Å². The van der Waals surface area contributed by atoms with Gasteiger partial charge in [-0.25, -0.2) is 13.4 Å². The smallest absolute Gasteiger partial charge is 0.274 e. The van der Waals surface area contributed by atoms with E-state index in [1.165, 1.54) is 12.1 Å². The summed E-state index contributed by atoms with van der Waals surface area (Å²) >= 11 is 0. The molecule has 0 aliphatic heterocycles. The highest BCUT2D eigenvalue weighted by atomic mass is 32.2. The minimum Gasteiger partial charge on any atom is -0.497 e. The van der Waals surface area contributed by atoms with Crippen LogP contribution in [0, 0.1) is 0 Å². The van der Waals surface area contributed by atoms with Crippen molar-refractivity contribution in [2.75, 3.05) is 18.7 Å². The molecule has 0 aliphatic carbocycles. The van der Waals surface area contributed by atoms with Crippen LogP contribution in [-0.4, -0.2) is 32.7 Å². The first kappa shape index (κ1) is 16.9. The third-order valence-electron chi connectivity index (χ3n) is 3.65. The van der Waals surface area contributed by atoms with E-state index in [0.29, 0.717) is 17.0 Å². The Labute approximate surface area is 145 Å². The molecule has 25 heavy (non-hydrogen) atoms. The number of nitrogens with zero attached hydrogens (tertiary/aromatic N) is 1. The normalized spacial score (nSPS) is 11.3. The molecule has 128 valence electrons. The van der Waals surface area contributed by atoms with Gasteiger partial charge >= 0.3 is 0 Å². The monoisotopic (exact) mass is 356 g/mol. The number of fused-ring (bicyclic) bond motifs is 1. The second-order valence-corrected chi connectivity index (χ2v) is 7.52. The number of benzene rings is 2. The molecule has 0 radical (unpaired) electrons. The Morgan fingerprint density at radius 3 is 2.60 bits per heavy atom. The predicted octanol–water partition coefficient (Wildman–Crippen LogP) is 2.90. The van der Waals surface area contributed by atoms with E-state index in [0.717, 1.165) is 11.6 Å². The van der Waals surface area contributed by atoms with Crippen LogP contribution in [-0.2, 0) is 9.84 Å². The Morgan fingerprint density at radius 2 is 1.88 bits per heavy atom. The van der Waals surface area contributed by atoms with Gasteiger partial charge in [0.25, 0.3) is 5.91 Å². The van der Waals surface area contributed by atoms with E-state index < -0.39 is 15.7 Å². The van der Waals surface area contributed by atoms with Gasteiger partial charge in [-0.3, -0.25) is 4.79 Å². The minimum absolute atomic E-state index is 0.142. The van der Waals surface area contributed by atoms with Crippen LogP contribution in [0.25, 0.3) is 10.9 Å². The third-order valence-corrected chi connectivity index (χ3v) is 4.76. The van der Waals surface area contributed by atoms with Crippen molar-refractivity contribution in [1.82, 2.24) is 4.98 Å². The van der Waals surface area contributed by atoms with E-state index in [1.807, 2.05) is 6.07 Å². The predicted molar refractivity (Wildman–Crippen MR) is 95.8 cm³/mol. The molecule has 0 saturated carbocycles. The number of pyridine rings is 1. The van der Waals surface area contributed by atoms with E-state index in [-0.39, 0.29) is 10.6 Å². The second-order valence-electron chi connectivity index (χ2n) is 5.51. The number of methoxy groups -OCH3 is 1. The summed E-state index contributed by atoms with van der Waals surface area (Å²) in [5.74, 6) is 0.299. The molecule has 0 aliphatic rings. The molecule has 7 heteroatoms. The third kappa shape index (κ3) is 3.77. The van der Waals surface area contributed by atoms with Crippen molar-refractivity contribution in [3.8, 4) is 5.75 Å². The molecular weight excluding hydrogens is 340 g/mol. The lowest BCUT2D eigenvalue weighted by Crippen LogP contribution is -2.14. The molecule has 0 atom stereocenters. The number of hydrogen-bond acceptors (Lipinski definition) is 5. The van der Waals surface area contributed by atoms with Crippen molar-refractivity contribution in [1.29, 1.82) is 0 Å². The largest absolute Gasteiger partial charge is 0.497 e. The van der Waals surface area contributed by atoms with Gasteiger partial charge in [0.2, 0.25) is 0 Å². The summed E-state index contributed by atoms with van der Waals surface area (Å²) in [5.41, 5.74) is 1.30. The zero-order valence-electron chi connectivity index (χ0n) is 13.7. The van der Waals surface area contributed by atoms with Gasteiger partial charge in [-0.2, -0.15) is 0 Å². The molecule has 0 unspecified atom stereocenters. The SMILES string of the molecule is COc1ccc2nc(C(=O)Nc3cccc(S(C)(=O)=O)c3)ccc2c1. The van der Waals surface area contributed by atoms with Crippen molar-refractivity contribution >= 4 is 32.3 Å². The number of amides is 1. The number of sulfone groups is 1. The molecule has 2 aromatic carbocycles. The number of carbonyl (C=O) groups is 1. The van der Waals surface area contributed by atoms with Crippen molar-refractivity contribution in [3.63, 3.8) is 0 Å². The van der Waals surface area contributed by atoms with Crippen LogP contribution < -0.4 is 10.1 Å². The van der Waals surface area contributed by atoms with Crippen molar-refractivity contribution in [3.05, 3.63) is 60.3 Å². The average Bonchev–Trinajstić information content (AvgIpc) is 2.60. The molecule has 3 rings (SSSR count). The van der Waals surface area contributed by atoms with Crippen LogP contribution >= 0.6 is 0 Å². The Balaban J connectivity index is 1.87. The molecule has 0 bridgehead atoms. The zero-order chi connectivity index (χ0) is 18.0. The summed E-state index contributed by atoms with van der Waals surface area (Å²) in [7, 11) is -1.76. The molecular formula is C18H16N2O4S. The molecule has 0 saturated heterocycles. The maximum Gasteiger partial charge on any atom is 0.274 e. The molecule has 0 spiro atoms. The maximum absolute atomic E-state index is 12.4. The first-order valence-corrected chi connectivity index (χ1v) is 9.32. The summed E-state index contributed by atoms with van der Waals surface area (Å²) in [4.78, 5) is 16.9. The fourth-order valence-electron chi connectivity index (χ4n) is 2.36. The van der Waals surface area contributed by atoms with Crippen LogP contribution in [0.3, 0.4) is 0 Å². The fourth-order valence-corrected chi connectivity index (χ4v) is 3.02. The summed E-state index contributed by atoms with van der Waals surface area (Å²) in [6.07, 6.45) is 1.12. The number of ether oxygens (including phenoxy) is 1. The molecule has 1 amide bonds. The highest BCUT2D eigenvalue weighted by Gasteiger charge is 2.12. The highest BCUT2D eigenvalue weighted by Crippen LogP contribution is 2.20. The summed E-state index contributed by atoms with van der Waals surface area (Å²) in [6, 6.07) is 14.9. The highest BCUT2D eigenvalue weighted by molar-refractivity contribution is 7.90. The quantitative estimate of drug-likeness (QED) is 0.777. The lowest BCUT2D eigenvalue weighted by Gasteiger charge is -2.08. The fraction of sp³-hybridized carbons (Fsp3) is 0.111. The molecule has 0 fully saturated rings. The van der Waals surface area contributed by atoms with E-state index in [4.69, 9.17) is 4.74 Å². The first-order chi connectivity index (χ1) is 11.9. The van der Waals surface area contributed by atoms with Gasteiger partial charge in [0, 0.05) is 17.3 Å². The minimum atomic E-state index is -3.34. The van der Waals surface area contributed by atoms with Crippen LogP contribution in [0.5, 0.6) is 5.75 Å². The molecule has 1 N–H and O–H groups in total. The van der Waals surface area contributed by atoms with Gasteiger partial charge in [-0.05, 0) is 42.5 Å². The molecule has 6 nitrogen and oxygen atoms in total. The second kappa shape index (κ2) is 6.52. The topological polar surface area (TPSA) is 85.4 Å². The number of anilines is 1. The van der Waals surface area contributed by atoms with Crippen LogP contribution in [0.1, 0.15) is 10.5 Å². The Kier molecular flexibility index (Phi) is 4.41. The maximum atomic E-state index is 12.4. The average molecular weight is 356 g/mol. The van der Waals surface area contributed by atoms with Gasteiger partial charge in [-0.15, -0.1) is 0 Å². The zero-order valence-corrected chi connectivity index (χ0v) is 14.5. The number of aromatic nitrogens is 1. The Hall–Kier alpha value is -2.93. The first-order valence-electron chi connectivity index (χ1n) is 7.43. The van der Waals surface area contributed by atoms with E-state index >= 15 is 0 Å². The van der Waals surface area contributed by atoms with Gasteiger partial charge < -0.3 is 10.1 Å². The Bertz CT molecular complexity index is 1060. The number of nitrogens with one attached hydrogen (secondary N) is 1. The van der Waals surface area contributed by atoms with Crippen LogP contribution in [0.15, 0.2) is 59.5 Å². The van der Waals surface area contributed by atoms with E-state index in [9.17, 15) is 13.2 Å². The Morgan fingerprint density at radius 1 is 1.08 bits per heavy atom. The van der Waals surface area contributed by atoms with Crippen molar-refractivity contribution < 1.29 is 17.9 Å². The molecule has 1 heterocycles. The summed E-state index contributed by atoms with van der Waals surface area (Å²) < 4.78 is 28.4. The molecule has 1 aromatic heterocycles. The van der Waals surface area contributed by atoms with E-state index in [2.05, 4.69) is 10.3 Å². The van der Waals surface area contributed by atoms with E-state index in [1.54, 1.807) is 43.5 Å². The number of carbonyl (C=O) groups excluding carboxylic acids is 1. The van der Waals surface area contributed by atoms with Gasteiger partial charge in [0.05, 0.1) is 17.5 Å². The van der Waals surface area contributed by atoms with Gasteiger partial charge in [-0.1, -0.05) is 12.1 Å². The lowest BCUT2D eigenvalue weighted by molar-refractivity contribution is 0.102. The summed E-state index contributed by atoms with van der Waals surface area (Å²) in [6.45, 7) is 0. The number of hydrogen-bond donors (Lipinski definition) is 1.